The van der Waals surface area contributed by atoms with Gasteiger partial charge in [-0.1, -0.05) is 29.8 Å². The topological polar surface area (TPSA) is 38.8 Å². The molecule has 0 saturated carbocycles. The van der Waals surface area contributed by atoms with Gasteiger partial charge < -0.3 is 14.4 Å². The fraction of sp³-hybridized carbons (Fsp3) is 0.409. The van der Waals surface area contributed by atoms with E-state index in [1.54, 1.807) is 4.90 Å². The molecule has 1 aliphatic heterocycles. The van der Waals surface area contributed by atoms with E-state index >= 15 is 0 Å². The molecule has 2 aromatic rings. The smallest absolute Gasteiger partial charge is 0.417 e. The van der Waals surface area contributed by atoms with Crippen molar-refractivity contribution in [2.45, 2.75) is 52.1 Å². The highest BCUT2D eigenvalue weighted by atomic mass is 35.5. The van der Waals surface area contributed by atoms with E-state index in [1.165, 1.54) is 12.1 Å². The van der Waals surface area contributed by atoms with Gasteiger partial charge in [-0.2, -0.15) is 13.2 Å². The van der Waals surface area contributed by atoms with Crippen LogP contribution in [0.2, 0.25) is 5.02 Å². The number of carbonyl (C=O) groups excluding carboxylic acids is 1. The minimum absolute atomic E-state index is 0.0977. The molecule has 2 aromatic carbocycles. The Hall–Kier alpha value is -2.41. The Bertz CT molecular complexity index is 938. The zero-order chi connectivity index (χ0) is 22.1. The van der Waals surface area contributed by atoms with Crippen molar-refractivity contribution in [3.8, 4) is 5.75 Å². The molecule has 4 nitrogen and oxygen atoms in total. The second-order valence-corrected chi connectivity index (χ2v) is 8.59. The van der Waals surface area contributed by atoms with Crippen LogP contribution in [0.3, 0.4) is 0 Å². The van der Waals surface area contributed by atoms with Crippen LogP contribution in [0.4, 0.5) is 18.0 Å². The first kappa shape index (κ1) is 22.3. The minimum atomic E-state index is -4.54. The molecule has 0 spiro atoms. The molecule has 0 aliphatic carbocycles. The molecule has 1 amide bonds. The van der Waals surface area contributed by atoms with Crippen LogP contribution < -0.4 is 4.74 Å². The monoisotopic (exact) mass is 441 g/mol. The second kappa shape index (κ2) is 8.38. The third kappa shape index (κ3) is 5.59. The van der Waals surface area contributed by atoms with E-state index in [0.29, 0.717) is 19.5 Å². The summed E-state index contributed by atoms with van der Waals surface area (Å²) in [5.41, 5.74) is 1.47. The molecular weight excluding hydrogens is 419 g/mol. The van der Waals surface area contributed by atoms with Crippen LogP contribution in [0.5, 0.6) is 5.75 Å². The summed E-state index contributed by atoms with van der Waals surface area (Å²) < 4.78 is 49.9. The number of halogens is 4. The fourth-order valence-electron chi connectivity index (χ4n) is 3.16. The van der Waals surface area contributed by atoms with E-state index in [0.717, 1.165) is 22.8 Å². The first-order chi connectivity index (χ1) is 13.9. The summed E-state index contributed by atoms with van der Waals surface area (Å²) in [6, 6.07) is 9.21. The molecular formula is C22H23ClF3NO3. The van der Waals surface area contributed by atoms with Crippen molar-refractivity contribution in [2.75, 3.05) is 6.54 Å². The van der Waals surface area contributed by atoms with Crippen molar-refractivity contribution in [1.29, 1.82) is 0 Å². The lowest BCUT2D eigenvalue weighted by molar-refractivity contribution is -0.137. The lowest BCUT2D eigenvalue weighted by Gasteiger charge is -2.31. The van der Waals surface area contributed by atoms with Gasteiger partial charge in [0.05, 0.1) is 10.6 Å². The van der Waals surface area contributed by atoms with Crippen molar-refractivity contribution < 1.29 is 27.4 Å². The Morgan fingerprint density at radius 1 is 1.10 bits per heavy atom. The largest absolute Gasteiger partial charge is 0.489 e. The highest BCUT2D eigenvalue weighted by Gasteiger charge is 2.33. The number of alkyl halides is 3. The van der Waals surface area contributed by atoms with Crippen molar-refractivity contribution in [1.82, 2.24) is 4.90 Å². The first-order valence-corrected chi connectivity index (χ1v) is 9.88. The molecule has 1 heterocycles. The van der Waals surface area contributed by atoms with Gasteiger partial charge in [0.1, 0.15) is 18.0 Å². The summed E-state index contributed by atoms with van der Waals surface area (Å²) in [4.78, 5) is 13.9. The molecule has 0 radical (unpaired) electrons. The maximum absolute atomic E-state index is 13.0. The normalized spacial score (nSPS) is 14.3. The molecule has 0 saturated heterocycles. The van der Waals surface area contributed by atoms with Crippen LogP contribution in [-0.2, 0) is 30.5 Å². The lowest BCUT2D eigenvalue weighted by Crippen LogP contribution is -2.39. The quantitative estimate of drug-likeness (QED) is 0.566. The van der Waals surface area contributed by atoms with Gasteiger partial charge in [-0.05, 0) is 62.1 Å². The Morgan fingerprint density at radius 3 is 2.50 bits per heavy atom. The average Bonchev–Trinajstić information content (AvgIpc) is 2.64. The maximum atomic E-state index is 13.0. The molecule has 8 heteroatoms. The Balaban J connectivity index is 1.65. The van der Waals surface area contributed by atoms with Crippen LogP contribution in [0, 0.1) is 0 Å². The van der Waals surface area contributed by atoms with Gasteiger partial charge in [0.2, 0.25) is 0 Å². The van der Waals surface area contributed by atoms with Crippen molar-refractivity contribution in [2.24, 2.45) is 0 Å². The number of ether oxygens (including phenoxy) is 2. The predicted molar refractivity (Wildman–Crippen MR) is 108 cm³/mol. The van der Waals surface area contributed by atoms with Crippen molar-refractivity contribution in [3.05, 3.63) is 63.7 Å². The van der Waals surface area contributed by atoms with Crippen LogP contribution >= 0.6 is 11.6 Å². The molecule has 0 bridgehead atoms. The zero-order valence-electron chi connectivity index (χ0n) is 17.0. The summed E-state index contributed by atoms with van der Waals surface area (Å²) in [5, 5.41) is -0.363. The van der Waals surface area contributed by atoms with Gasteiger partial charge in [-0.25, -0.2) is 4.79 Å². The average molecular weight is 442 g/mol. The van der Waals surface area contributed by atoms with Crippen LogP contribution in [0.15, 0.2) is 36.4 Å². The van der Waals surface area contributed by atoms with Gasteiger partial charge >= 0.3 is 12.3 Å². The molecule has 0 unspecified atom stereocenters. The number of hydrogen-bond donors (Lipinski definition) is 0. The number of benzene rings is 2. The molecule has 0 aromatic heterocycles. The zero-order valence-corrected chi connectivity index (χ0v) is 17.7. The number of nitrogens with zero attached hydrogens (tertiary/aromatic N) is 1. The predicted octanol–water partition coefficient (Wildman–Crippen LogP) is 6.23. The summed E-state index contributed by atoms with van der Waals surface area (Å²) in [7, 11) is 0. The van der Waals surface area contributed by atoms with Crippen LogP contribution in [0.1, 0.15) is 43.0 Å². The molecule has 1 aliphatic rings. The second-order valence-electron chi connectivity index (χ2n) is 8.18. The van der Waals surface area contributed by atoms with Gasteiger partial charge in [0, 0.05) is 13.1 Å². The van der Waals surface area contributed by atoms with E-state index in [2.05, 4.69) is 0 Å². The van der Waals surface area contributed by atoms with E-state index in [1.807, 2.05) is 39.0 Å². The highest BCUT2D eigenvalue weighted by molar-refractivity contribution is 6.31. The van der Waals surface area contributed by atoms with Crippen molar-refractivity contribution in [3.63, 3.8) is 0 Å². The molecule has 3 rings (SSSR count). The van der Waals surface area contributed by atoms with Gasteiger partial charge in [-0.3, -0.25) is 0 Å². The number of amides is 1. The van der Waals surface area contributed by atoms with E-state index in [4.69, 9.17) is 21.1 Å². The van der Waals surface area contributed by atoms with Crippen LogP contribution in [-0.4, -0.2) is 23.1 Å². The van der Waals surface area contributed by atoms with Gasteiger partial charge in [-0.15, -0.1) is 0 Å². The standard InChI is InChI=1S/C22H23ClF3NO3/c1-21(2,3)30-20(28)27-9-8-15-10-14(4-5-16(15)12-27)13-29-17-6-7-19(23)18(11-17)22(24,25)26/h4-7,10-11H,8-9,12-13H2,1-3H3. The number of rotatable bonds is 3. The molecule has 0 fully saturated rings. The molecule has 30 heavy (non-hydrogen) atoms. The number of carbonyl (C=O) groups is 1. The maximum Gasteiger partial charge on any atom is 0.417 e. The summed E-state index contributed by atoms with van der Waals surface area (Å²) in [6.45, 7) is 6.60. The summed E-state index contributed by atoms with van der Waals surface area (Å²) >= 11 is 5.63. The van der Waals surface area contributed by atoms with Crippen molar-refractivity contribution >= 4 is 17.7 Å². The molecule has 162 valence electrons. The summed E-state index contributed by atoms with van der Waals surface area (Å²) in [5.74, 6) is 0.0977. The molecule has 0 N–H and O–H groups in total. The SMILES string of the molecule is CC(C)(C)OC(=O)N1CCc2cc(COc3ccc(Cl)c(C(F)(F)F)c3)ccc2C1. The molecule has 0 atom stereocenters. The van der Waals surface area contributed by atoms with E-state index < -0.39 is 17.3 Å². The van der Waals surface area contributed by atoms with E-state index in [-0.39, 0.29) is 23.5 Å². The fourth-order valence-corrected chi connectivity index (χ4v) is 3.38. The van der Waals surface area contributed by atoms with Gasteiger partial charge in [0.25, 0.3) is 0 Å². The third-order valence-electron chi connectivity index (χ3n) is 4.58. The third-order valence-corrected chi connectivity index (χ3v) is 4.91. The Labute approximate surface area is 178 Å². The first-order valence-electron chi connectivity index (χ1n) is 9.50. The number of fused-ring (bicyclic) bond motifs is 1. The Kier molecular flexibility index (Phi) is 6.22. The minimum Gasteiger partial charge on any atom is -0.489 e. The van der Waals surface area contributed by atoms with Crippen LogP contribution in [0.25, 0.3) is 0 Å². The van der Waals surface area contributed by atoms with E-state index in [9.17, 15) is 18.0 Å². The Morgan fingerprint density at radius 2 is 1.83 bits per heavy atom. The lowest BCUT2D eigenvalue weighted by atomic mass is 9.97. The summed E-state index contributed by atoms with van der Waals surface area (Å²) in [6.07, 6.45) is -4.21. The van der Waals surface area contributed by atoms with Gasteiger partial charge in [0.15, 0.2) is 0 Å². The number of hydrogen-bond acceptors (Lipinski definition) is 3. The highest BCUT2D eigenvalue weighted by Crippen LogP contribution is 2.37.